The molecule has 0 bridgehead atoms. The minimum Gasteiger partial charge on any atom is -0.346 e. The highest BCUT2D eigenvalue weighted by atomic mass is 32.2. The van der Waals surface area contributed by atoms with E-state index in [0.717, 1.165) is 38.0 Å². The number of piperazine rings is 1. The lowest BCUT2D eigenvalue weighted by Gasteiger charge is -2.33. The molecule has 6 aromatic rings. The zero-order valence-electron chi connectivity index (χ0n) is 32.7. The van der Waals surface area contributed by atoms with Gasteiger partial charge in [-0.15, -0.1) is 0 Å². The smallest absolute Gasteiger partial charge is 0.346 e. The number of rotatable bonds is 11. The first-order chi connectivity index (χ1) is 28.8. The van der Waals surface area contributed by atoms with Gasteiger partial charge in [0.2, 0.25) is 15.9 Å². The summed E-state index contributed by atoms with van der Waals surface area (Å²) in [5.74, 6) is -8.86. The van der Waals surface area contributed by atoms with Crippen LogP contribution in [0.3, 0.4) is 0 Å². The number of aryl methyl sites for hydroxylation is 1. The van der Waals surface area contributed by atoms with Gasteiger partial charge in [-0.05, 0) is 55.1 Å². The van der Waals surface area contributed by atoms with E-state index in [1.54, 1.807) is 31.3 Å². The van der Waals surface area contributed by atoms with Crippen molar-refractivity contribution >= 4 is 59.5 Å². The minimum atomic E-state index is -5.06. The van der Waals surface area contributed by atoms with Crippen LogP contribution in [0.25, 0.3) is 32.4 Å². The van der Waals surface area contributed by atoms with Crippen LogP contribution in [0, 0.1) is 17.6 Å². The molecule has 61 heavy (non-hydrogen) atoms. The number of likely N-dealkylation sites (N-methyl/N-ethyl adjacent to an activating group) is 1. The van der Waals surface area contributed by atoms with Crippen LogP contribution in [-0.4, -0.2) is 87.7 Å². The summed E-state index contributed by atoms with van der Waals surface area (Å²) in [7, 11) is -2.18. The molecule has 0 radical (unpaired) electrons. The summed E-state index contributed by atoms with van der Waals surface area (Å²) in [6.45, 7) is 4.92. The van der Waals surface area contributed by atoms with Gasteiger partial charge in [-0.2, -0.15) is 37.1 Å². The van der Waals surface area contributed by atoms with Gasteiger partial charge in [0, 0.05) is 67.3 Å². The van der Waals surface area contributed by atoms with Crippen molar-refractivity contribution in [2.45, 2.75) is 50.4 Å². The summed E-state index contributed by atoms with van der Waals surface area (Å²) >= 11 is 1.37. The van der Waals surface area contributed by atoms with Gasteiger partial charge in [0.1, 0.15) is 23.9 Å². The molecule has 2 fully saturated rings. The number of nitrogens with zero attached hydrogens (tertiary/aromatic N) is 8. The summed E-state index contributed by atoms with van der Waals surface area (Å²) < 4.78 is 132. The van der Waals surface area contributed by atoms with Crippen LogP contribution in [0.1, 0.15) is 53.5 Å². The van der Waals surface area contributed by atoms with Gasteiger partial charge in [-0.1, -0.05) is 30.4 Å². The Labute approximate surface area is 347 Å². The molecule has 2 aromatic carbocycles. The fourth-order valence-electron chi connectivity index (χ4n) is 8.69. The van der Waals surface area contributed by atoms with Crippen molar-refractivity contribution < 1.29 is 43.9 Å². The van der Waals surface area contributed by atoms with Crippen molar-refractivity contribution in [2.75, 3.05) is 48.6 Å². The number of para-hydroxylation sites is 1. The third-order valence-electron chi connectivity index (χ3n) is 11.4. The molecule has 0 spiro atoms. The van der Waals surface area contributed by atoms with E-state index in [4.69, 9.17) is 9.97 Å². The van der Waals surface area contributed by atoms with Gasteiger partial charge < -0.3 is 15.1 Å². The molecule has 3 atom stereocenters. The van der Waals surface area contributed by atoms with Crippen LogP contribution in [-0.2, 0) is 46.9 Å². The summed E-state index contributed by atoms with van der Waals surface area (Å²) in [5.41, 5.74) is -1.35. The number of carbonyl (C=O) groups excluding carboxylic acids is 1. The highest BCUT2D eigenvalue weighted by molar-refractivity contribution is 7.92. The monoisotopic (exact) mass is 890 g/mol. The zero-order chi connectivity index (χ0) is 43.3. The topological polar surface area (TPSA) is 143 Å². The standard InChI is InChI=1S/C39H37F7N10O3S2/c1-4-54-8-10-55(11-9-54)37-49-36-28(60-37)17-24(22-6-5-7-23-32(22)53(2)51-35(23)52-61(3,58)59)31(48-36)27(14-19-12-20(40)15-21(41)13-19)47-29(57)18-56-34-30(33(50-56)39(44,45)46)25-16-26(25)38(34,42)43/h5-7,12-13,15,17,25-27H,4,8-11,14,16,18H2,1-3H3,(H,47,57)(H,51,52)/t25?,26-,27+/m1/s1. The molecule has 1 saturated heterocycles. The van der Waals surface area contributed by atoms with E-state index >= 15 is 8.78 Å². The first-order valence-corrected chi connectivity index (χ1v) is 22.0. The Bertz CT molecular complexity index is 2830. The van der Waals surface area contributed by atoms with Gasteiger partial charge in [0.25, 0.3) is 5.92 Å². The number of nitrogens with one attached hydrogen (secondary N) is 2. The lowest BCUT2D eigenvalue weighted by molar-refractivity contribution is -0.142. The average Bonchev–Trinajstić information content (AvgIpc) is 3.44. The molecule has 3 aliphatic rings. The van der Waals surface area contributed by atoms with E-state index < -0.39 is 81.0 Å². The first-order valence-electron chi connectivity index (χ1n) is 19.3. The molecule has 1 amide bonds. The van der Waals surface area contributed by atoms with E-state index in [0.29, 0.717) is 55.7 Å². The Morgan fingerprint density at radius 3 is 2.41 bits per heavy atom. The molecule has 13 nitrogen and oxygen atoms in total. The quantitative estimate of drug-likeness (QED) is 0.138. The fourth-order valence-corrected chi connectivity index (χ4v) is 10.2. The van der Waals surface area contributed by atoms with Crippen LogP contribution in [0.5, 0.6) is 0 Å². The van der Waals surface area contributed by atoms with Gasteiger partial charge in [-0.3, -0.25) is 18.9 Å². The minimum absolute atomic E-state index is 0.0308. The molecule has 2 N–H and O–H groups in total. The Hall–Kier alpha value is -5.35. The van der Waals surface area contributed by atoms with Crippen molar-refractivity contribution in [1.29, 1.82) is 0 Å². The van der Waals surface area contributed by atoms with Crippen molar-refractivity contribution in [3.8, 4) is 11.1 Å². The zero-order valence-corrected chi connectivity index (χ0v) is 34.3. The first kappa shape index (κ1) is 41.0. The molecular formula is C39H37F7N10O3S2. The second-order valence-corrected chi connectivity index (χ2v) is 18.4. The lowest BCUT2D eigenvalue weighted by Crippen LogP contribution is -2.46. The maximum Gasteiger partial charge on any atom is 0.435 e. The largest absolute Gasteiger partial charge is 0.435 e. The third-order valence-corrected chi connectivity index (χ3v) is 13.1. The number of carbonyl (C=O) groups is 1. The summed E-state index contributed by atoms with van der Waals surface area (Å²) in [6.07, 6.45) is -4.54. The molecule has 1 unspecified atom stereocenters. The van der Waals surface area contributed by atoms with E-state index in [1.807, 2.05) is 0 Å². The summed E-state index contributed by atoms with van der Waals surface area (Å²) in [6, 6.07) is 8.25. The van der Waals surface area contributed by atoms with Gasteiger partial charge >= 0.3 is 6.18 Å². The van der Waals surface area contributed by atoms with Gasteiger partial charge in [0.15, 0.2) is 22.3 Å². The van der Waals surface area contributed by atoms with Crippen LogP contribution < -0.4 is 14.9 Å². The normalized spacial score (nSPS) is 19.3. The molecule has 2 aliphatic carbocycles. The molecule has 1 aliphatic heterocycles. The van der Waals surface area contributed by atoms with E-state index in [9.17, 15) is 35.2 Å². The number of sulfonamides is 1. The summed E-state index contributed by atoms with van der Waals surface area (Å²) in [5, 5.41) is 11.7. The summed E-state index contributed by atoms with van der Waals surface area (Å²) in [4.78, 5) is 28.3. The third kappa shape index (κ3) is 7.55. The SMILES string of the molecule is CCN1CCN(c2nc3nc([C@H](Cc4cc(F)cc(F)c4)NC(=O)Cn4nc(C(F)(F)F)c5c4C(F)(F)[C@@H]4CC54)c(-c4cccc5c(NS(C)(=O)=O)nn(C)c45)cc3s2)CC1. The Morgan fingerprint density at radius 2 is 1.74 bits per heavy atom. The maximum absolute atomic E-state index is 15.5. The second-order valence-electron chi connectivity index (χ2n) is 15.6. The number of halogens is 7. The number of benzene rings is 2. The number of alkyl halides is 5. The Morgan fingerprint density at radius 1 is 1.02 bits per heavy atom. The van der Waals surface area contributed by atoms with Crippen molar-refractivity contribution in [1.82, 2.24) is 39.7 Å². The second kappa shape index (κ2) is 14.6. The number of amides is 1. The molecule has 322 valence electrons. The van der Waals surface area contributed by atoms with E-state index in [1.165, 1.54) is 16.0 Å². The number of fused-ring (bicyclic) bond motifs is 5. The van der Waals surface area contributed by atoms with E-state index in [2.05, 4.69) is 37.0 Å². The molecule has 9 rings (SSSR count). The highest BCUT2D eigenvalue weighted by Crippen LogP contribution is 2.68. The number of pyridine rings is 1. The predicted molar refractivity (Wildman–Crippen MR) is 213 cm³/mol. The van der Waals surface area contributed by atoms with Gasteiger partial charge in [-0.25, -0.2) is 22.2 Å². The lowest BCUT2D eigenvalue weighted by atomic mass is 9.94. The molecule has 4 aromatic heterocycles. The van der Waals surface area contributed by atoms with Crippen LogP contribution >= 0.6 is 11.3 Å². The fraction of sp³-hybridized carbons (Fsp3) is 0.410. The van der Waals surface area contributed by atoms with Crippen molar-refractivity contribution in [2.24, 2.45) is 13.0 Å². The number of hydrogen-bond donors (Lipinski definition) is 2. The van der Waals surface area contributed by atoms with E-state index in [-0.39, 0.29) is 35.6 Å². The molecule has 22 heteroatoms. The van der Waals surface area contributed by atoms with Crippen LogP contribution in [0.2, 0.25) is 0 Å². The average molecular weight is 891 g/mol. The number of anilines is 2. The maximum atomic E-state index is 15.5. The molecule has 1 saturated carbocycles. The van der Waals surface area contributed by atoms with Gasteiger partial charge in [0.05, 0.1) is 28.2 Å². The Balaban J connectivity index is 1.19. The van der Waals surface area contributed by atoms with Crippen molar-refractivity contribution in [3.63, 3.8) is 0 Å². The predicted octanol–water partition coefficient (Wildman–Crippen LogP) is 6.56. The highest BCUT2D eigenvalue weighted by Gasteiger charge is 2.68. The molecule has 5 heterocycles. The number of hydrogen-bond acceptors (Lipinski definition) is 10. The number of aromatic nitrogens is 6. The van der Waals surface area contributed by atoms with Crippen LogP contribution in [0.15, 0.2) is 42.5 Å². The van der Waals surface area contributed by atoms with Crippen molar-refractivity contribution in [3.05, 3.63) is 82.3 Å². The number of thiazole rings is 1. The van der Waals surface area contributed by atoms with Crippen LogP contribution in [0.4, 0.5) is 41.7 Å². The molecular weight excluding hydrogens is 854 g/mol. The Kier molecular flexibility index (Phi) is 9.85.